The van der Waals surface area contributed by atoms with E-state index in [2.05, 4.69) is 20.7 Å². The minimum absolute atomic E-state index is 0. The number of nitrogens with one attached hydrogen (secondary N) is 2. The maximum Gasteiger partial charge on any atom is 0.435 e. The molecule has 2 aromatic heterocycles. The van der Waals surface area contributed by atoms with E-state index in [9.17, 15) is 18.3 Å². The Hall–Kier alpha value is -1.86. The van der Waals surface area contributed by atoms with Crippen LogP contribution in [0.2, 0.25) is 0 Å². The molecule has 6 nitrogen and oxygen atoms in total. The summed E-state index contributed by atoms with van der Waals surface area (Å²) in [4.78, 5) is 4.79. The number of halogens is 4. The second-order valence-electron chi connectivity index (χ2n) is 6.18. The second-order valence-corrected chi connectivity index (χ2v) is 7.30. The normalized spacial score (nSPS) is 13.2. The Balaban J connectivity index is 0.00000300. The number of aromatic nitrogens is 2. The summed E-state index contributed by atoms with van der Waals surface area (Å²) in [7, 11) is 2.95. The van der Waals surface area contributed by atoms with Gasteiger partial charge in [-0.15, -0.1) is 35.3 Å². The number of benzene rings is 1. The van der Waals surface area contributed by atoms with Crippen LogP contribution in [0, 0.1) is 0 Å². The molecule has 2 heterocycles. The monoisotopic (exact) mass is 539 g/mol. The van der Waals surface area contributed by atoms with Crippen LogP contribution in [0.25, 0.3) is 10.1 Å². The van der Waals surface area contributed by atoms with E-state index in [4.69, 9.17) is 0 Å². The van der Waals surface area contributed by atoms with Crippen LogP contribution in [0.3, 0.4) is 0 Å². The fourth-order valence-corrected chi connectivity index (χ4v) is 3.82. The lowest BCUT2D eigenvalue weighted by Crippen LogP contribution is -2.39. The maximum atomic E-state index is 13.0. The molecule has 1 atom stereocenters. The van der Waals surface area contributed by atoms with Crippen LogP contribution in [-0.4, -0.2) is 34.4 Å². The van der Waals surface area contributed by atoms with Gasteiger partial charge in [-0.1, -0.05) is 18.2 Å². The Morgan fingerprint density at radius 3 is 2.69 bits per heavy atom. The van der Waals surface area contributed by atoms with Gasteiger partial charge >= 0.3 is 6.18 Å². The number of nitrogens with zero attached hydrogens (tertiary/aromatic N) is 3. The van der Waals surface area contributed by atoms with Crippen molar-refractivity contribution in [3.63, 3.8) is 0 Å². The van der Waals surface area contributed by atoms with Gasteiger partial charge in [-0.05, 0) is 17.5 Å². The van der Waals surface area contributed by atoms with E-state index in [0.717, 1.165) is 19.6 Å². The van der Waals surface area contributed by atoms with Gasteiger partial charge in [0.2, 0.25) is 0 Å². The summed E-state index contributed by atoms with van der Waals surface area (Å²) in [5.41, 5.74) is -0.911. The second kappa shape index (κ2) is 9.76. The zero-order chi connectivity index (χ0) is 20.3. The molecule has 0 bridgehead atoms. The number of fused-ring (bicyclic) bond motifs is 1. The highest BCUT2D eigenvalue weighted by Crippen LogP contribution is 2.31. The number of thiophene rings is 1. The molecule has 0 saturated carbocycles. The molecule has 1 aromatic carbocycles. The number of hydrogen-bond acceptors (Lipinski definition) is 4. The summed E-state index contributed by atoms with van der Waals surface area (Å²) in [5, 5.41) is 20.7. The third-order valence-electron chi connectivity index (χ3n) is 4.08. The van der Waals surface area contributed by atoms with Gasteiger partial charge in [-0.3, -0.25) is 9.67 Å². The van der Waals surface area contributed by atoms with Gasteiger partial charge in [0.1, 0.15) is 6.10 Å². The van der Waals surface area contributed by atoms with Crippen molar-refractivity contribution in [2.75, 3.05) is 13.6 Å². The molecule has 3 N–H and O–H groups in total. The summed E-state index contributed by atoms with van der Waals surface area (Å²) in [6.07, 6.45) is -3.97. The van der Waals surface area contributed by atoms with Crippen molar-refractivity contribution in [2.24, 2.45) is 12.0 Å². The van der Waals surface area contributed by atoms with Gasteiger partial charge in [0.25, 0.3) is 0 Å². The van der Waals surface area contributed by atoms with E-state index >= 15 is 0 Å². The predicted molar refractivity (Wildman–Crippen MR) is 119 cm³/mol. The number of aliphatic hydroxyl groups is 1. The molecule has 0 aliphatic heterocycles. The summed E-state index contributed by atoms with van der Waals surface area (Å²) in [6, 6.07) is 9.75. The lowest BCUT2D eigenvalue weighted by Gasteiger charge is -2.15. The van der Waals surface area contributed by atoms with Gasteiger partial charge in [0.15, 0.2) is 11.7 Å². The van der Waals surface area contributed by atoms with Crippen LogP contribution >= 0.6 is 35.3 Å². The number of rotatable bonds is 5. The number of guanidine groups is 1. The standard InChI is InChI=1S/C18H20F3N5OS.HI/c1-22-17(23-8-12-10-26(2)25-16(12)18(19,20)21)24-9-13(27)15-7-11-5-3-4-6-14(11)28-15;/h3-7,10,13,27H,8-9H2,1-2H3,(H2,22,23,24);1H. The van der Waals surface area contributed by atoms with E-state index in [1.807, 2.05) is 30.3 Å². The summed E-state index contributed by atoms with van der Waals surface area (Å²) < 4.78 is 41.3. The minimum Gasteiger partial charge on any atom is -0.386 e. The van der Waals surface area contributed by atoms with E-state index < -0.39 is 18.0 Å². The van der Waals surface area contributed by atoms with Crippen LogP contribution in [0.1, 0.15) is 22.2 Å². The Bertz CT molecular complexity index is 952. The maximum absolute atomic E-state index is 13.0. The quantitative estimate of drug-likeness (QED) is 0.263. The first kappa shape index (κ1) is 23.4. The van der Waals surface area contributed by atoms with Crippen molar-refractivity contribution >= 4 is 51.4 Å². The van der Waals surface area contributed by atoms with Crippen molar-refractivity contribution in [3.8, 4) is 0 Å². The van der Waals surface area contributed by atoms with Crippen molar-refractivity contribution in [1.29, 1.82) is 0 Å². The molecule has 29 heavy (non-hydrogen) atoms. The fraction of sp³-hybridized carbons (Fsp3) is 0.333. The van der Waals surface area contributed by atoms with Crippen molar-refractivity contribution in [3.05, 3.63) is 52.7 Å². The van der Waals surface area contributed by atoms with Gasteiger partial charge in [-0.25, -0.2) is 0 Å². The zero-order valence-corrected chi connectivity index (χ0v) is 18.8. The highest BCUT2D eigenvalue weighted by Gasteiger charge is 2.36. The van der Waals surface area contributed by atoms with Crippen LogP contribution < -0.4 is 10.6 Å². The summed E-state index contributed by atoms with van der Waals surface area (Å²) >= 11 is 1.50. The molecule has 0 spiro atoms. The van der Waals surface area contributed by atoms with Gasteiger partial charge in [-0.2, -0.15) is 18.3 Å². The minimum atomic E-state index is -4.52. The molecule has 0 saturated heterocycles. The number of aliphatic imine (C=N–C) groups is 1. The Kier molecular flexibility index (Phi) is 7.88. The molecule has 1 unspecified atom stereocenters. The highest BCUT2D eigenvalue weighted by atomic mass is 127. The van der Waals surface area contributed by atoms with Gasteiger partial charge in [0.05, 0.1) is 0 Å². The third kappa shape index (κ3) is 5.82. The highest BCUT2D eigenvalue weighted by molar-refractivity contribution is 14.0. The van der Waals surface area contributed by atoms with Crippen molar-refractivity contribution < 1.29 is 18.3 Å². The zero-order valence-electron chi connectivity index (χ0n) is 15.7. The average Bonchev–Trinajstić information content (AvgIpc) is 3.24. The molecule has 11 heteroatoms. The van der Waals surface area contributed by atoms with Gasteiger partial charge < -0.3 is 15.7 Å². The average molecular weight is 539 g/mol. The molecular weight excluding hydrogens is 518 g/mol. The number of aliphatic hydroxyl groups excluding tert-OH is 1. The topological polar surface area (TPSA) is 74.5 Å². The van der Waals surface area contributed by atoms with Gasteiger partial charge in [0, 0.05) is 48.5 Å². The summed E-state index contributed by atoms with van der Waals surface area (Å²) in [5.74, 6) is 0.289. The lowest BCUT2D eigenvalue weighted by molar-refractivity contribution is -0.142. The number of alkyl halides is 3. The van der Waals surface area contributed by atoms with Crippen molar-refractivity contribution in [1.82, 2.24) is 20.4 Å². The first-order chi connectivity index (χ1) is 13.3. The molecule has 0 aliphatic rings. The number of hydrogen-bond donors (Lipinski definition) is 3. The Morgan fingerprint density at radius 2 is 2.03 bits per heavy atom. The predicted octanol–water partition coefficient (Wildman–Crippen LogP) is 3.67. The largest absolute Gasteiger partial charge is 0.435 e. The first-order valence-electron chi connectivity index (χ1n) is 8.48. The van der Waals surface area contributed by atoms with E-state index in [1.165, 1.54) is 31.6 Å². The molecule has 0 aliphatic carbocycles. The smallest absolute Gasteiger partial charge is 0.386 e. The molecule has 3 rings (SSSR count). The molecule has 0 radical (unpaired) electrons. The van der Waals surface area contributed by atoms with Crippen LogP contribution in [0.15, 0.2) is 41.5 Å². The lowest BCUT2D eigenvalue weighted by atomic mass is 10.2. The molecule has 0 fully saturated rings. The third-order valence-corrected chi connectivity index (χ3v) is 5.30. The SMILES string of the molecule is CN=C(NCc1cn(C)nc1C(F)(F)F)NCC(O)c1cc2ccccc2s1.I. The molecule has 3 aromatic rings. The van der Waals surface area contributed by atoms with Crippen LogP contribution in [0.5, 0.6) is 0 Å². The fourth-order valence-electron chi connectivity index (χ4n) is 2.77. The Morgan fingerprint density at radius 1 is 1.31 bits per heavy atom. The number of aryl methyl sites for hydroxylation is 1. The van der Waals surface area contributed by atoms with E-state index in [0.29, 0.717) is 0 Å². The van der Waals surface area contributed by atoms with Crippen molar-refractivity contribution in [2.45, 2.75) is 18.8 Å². The molecule has 158 valence electrons. The van der Waals surface area contributed by atoms with Crippen LogP contribution in [0.4, 0.5) is 13.2 Å². The summed E-state index contributed by atoms with van der Waals surface area (Å²) in [6.45, 7) is 0.0764. The molecule has 0 amide bonds. The van der Waals surface area contributed by atoms with E-state index in [-0.39, 0.29) is 48.6 Å². The Labute approximate surface area is 186 Å². The van der Waals surface area contributed by atoms with Crippen LogP contribution in [-0.2, 0) is 19.8 Å². The first-order valence-corrected chi connectivity index (χ1v) is 9.30. The molecular formula is C18H21F3IN5OS. The van der Waals surface area contributed by atoms with E-state index in [1.54, 1.807) is 0 Å².